The quantitative estimate of drug-likeness (QED) is 0.837. The molecule has 0 bridgehead atoms. The van der Waals surface area contributed by atoms with Crippen molar-refractivity contribution in [3.8, 4) is 0 Å². The average molecular weight is 286 g/mol. The molecule has 2 atom stereocenters. The van der Waals surface area contributed by atoms with E-state index < -0.39 is 15.8 Å². The van der Waals surface area contributed by atoms with Gasteiger partial charge in [0.1, 0.15) is 10.7 Å². The summed E-state index contributed by atoms with van der Waals surface area (Å²) >= 11 is 0. The molecule has 19 heavy (non-hydrogen) atoms. The molecule has 1 aromatic rings. The van der Waals surface area contributed by atoms with Crippen molar-refractivity contribution >= 4 is 15.7 Å². The molecule has 0 heterocycles. The first-order valence-corrected chi connectivity index (χ1v) is 7.96. The van der Waals surface area contributed by atoms with Crippen LogP contribution < -0.4 is 10.5 Å². The molecule has 0 radical (unpaired) electrons. The molecule has 2 unspecified atom stereocenters. The molecule has 106 valence electrons. The van der Waals surface area contributed by atoms with Crippen LogP contribution >= 0.6 is 0 Å². The lowest BCUT2D eigenvalue weighted by atomic mass is 9.87. The molecule has 0 aliphatic heterocycles. The van der Waals surface area contributed by atoms with Gasteiger partial charge in [0.25, 0.3) is 0 Å². The largest absolute Gasteiger partial charge is 0.398 e. The van der Waals surface area contributed by atoms with Gasteiger partial charge in [-0.25, -0.2) is 17.5 Å². The number of anilines is 1. The van der Waals surface area contributed by atoms with Crippen molar-refractivity contribution in [3.05, 3.63) is 24.0 Å². The maximum Gasteiger partial charge on any atom is 0.242 e. The number of halogens is 1. The van der Waals surface area contributed by atoms with Crippen molar-refractivity contribution < 1.29 is 12.8 Å². The van der Waals surface area contributed by atoms with Crippen LogP contribution in [0.1, 0.15) is 32.6 Å². The predicted molar refractivity (Wildman–Crippen MR) is 72.6 cm³/mol. The van der Waals surface area contributed by atoms with Gasteiger partial charge in [-0.2, -0.15) is 0 Å². The lowest BCUT2D eigenvalue weighted by Gasteiger charge is -2.29. The molecule has 0 saturated heterocycles. The Bertz CT molecular complexity index is 560. The molecule has 1 fully saturated rings. The molecule has 0 aromatic heterocycles. The summed E-state index contributed by atoms with van der Waals surface area (Å²) in [5.41, 5.74) is 5.70. The summed E-state index contributed by atoms with van der Waals surface area (Å²) in [6, 6.07) is 3.29. The number of sulfonamides is 1. The summed E-state index contributed by atoms with van der Waals surface area (Å²) in [4.78, 5) is -0.176. The van der Waals surface area contributed by atoms with Crippen molar-refractivity contribution in [2.75, 3.05) is 5.73 Å². The zero-order valence-corrected chi connectivity index (χ0v) is 11.7. The summed E-state index contributed by atoms with van der Waals surface area (Å²) in [5.74, 6) is -0.315. The van der Waals surface area contributed by atoms with Gasteiger partial charge in [-0.1, -0.05) is 19.8 Å². The van der Waals surface area contributed by atoms with Crippen LogP contribution in [0.3, 0.4) is 0 Å². The molecule has 1 aliphatic carbocycles. The highest BCUT2D eigenvalue weighted by atomic mass is 32.2. The predicted octanol–water partition coefficient (Wildman–Crippen LogP) is 2.26. The second-order valence-electron chi connectivity index (χ2n) is 5.17. The van der Waals surface area contributed by atoms with Crippen molar-refractivity contribution in [2.45, 2.75) is 43.5 Å². The third-order valence-electron chi connectivity index (χ3n) is 3.68. The third kappa shape index (κ3) is 3.25. The Morgan fingerprint density at radius 1 is 1.32 bits per heavy atom. The van der Waals surface area contributed by atoms with Crippen molar-refractivity contribution in [1.29, 1.82) is 0 Å². The van der Waals surface area contributed by atoms with E-state index in [0.717, 1.165) is 37.8 Å². The van der Waals surface area contributed by atoms with E-state index in [1.54, 1.807) is 0 Å². The molecule has 1 aliphatic rings. The number of nitrogens with two attached hydrogens (primary N) is 1. The van der Waals surface area contributed by atoms with Gasteiger partial charge in [-0.05, 0) is 37.0 Å². The smallest absolute Gasteiger partial charge is 0.242 e. The van der Waals surface area contributed by atoms with E-state index in [2.05, 4.69) is 4.72 Å². The lowest BCUT2D eigenvalue weighted by Crippen LogP contribution is -2.41. The maximum atomic E-state index is 13.2. The van der Waals surface area contributed by atoms with E-state index in [0.29, 0.717) is 5.92 Å². The fourth-order valence-electron chi connectivity index (χ4n) is 2.50. The van der Waals surface area contributed by atoms with Gasteiger partial charge in [-0.3, -0.25) is 0 Å². The Labute approximate surface area is 113 Å². The first-order valence-electron chi connectivity index (χ1n) is 6.47. The molecule has 3 N–H and O–H groups in total. The topological polar surface area (TPSA) is 72.2 Å². The summed E-state index contributed by atoms with van der Waals surface area (Å²) in [6.45, 7) is 2.03. The summed E-state index contributed by atoms with van der Waals surface area (Å²) in [5, 5.41) is 0. The molecule has 1 saturated carbocycles. The molecule has 1 aromatic carbocycles. The van der Waals surface area contributed by atoms with Crippen LogP contribution in [0.2, 0.25) is 0 Å². The van der Waals surface area contributed by atoms with Gasteiger partial charge in [0.15, 0.2) is 0 Å². The van der Waals surface area contributed by atoms with Gasteiger partial charge < -0.3 is 5.73 Å². The van der Waals surface area contributed by atoms with E-state index in [-0.39, 0.29) is 16.6 Å². The normalized spacial score (nSPS) is 24.3. The zero-order chi connectivity index (χ0) is 14.0. The van der Waals surface area contributed by atoms with E-state index in [9.17, 15) is 12.8 Å². The molecule has 2 rings (SSSR count). The maximum absolute atomic E-state index is 13.2. The summed E-state index contributed by atoms with van der Waals surface area (Å²) in [7, 11) is -3.76. The minimum atomic E-state index is -3.76. The van der Waals surface area contributed by atoms with Crippen LogP contribution in [0.15, 0.2) is 23.1 Å². The summed E-state index contributed by atoms with van der Waals surface area (Å²) < 4.78 is 40.4. The zero-order valence-electron chi connectivity index (χ0n) is 10.9. The molecule has 0 spiro atoms. The van der Waals surface area contributed by atoms with Crippen LogP contribution in [0.4, 0.5) is 10.1 Å². The first-order chi connectivity index (χ1) is 8.90. The van der Waals surface area contributed by atoms with E-state index in [1.165, 1.54) is 6.07 Å². The third-order valence-corrected chi connectivity index (χ3v) is 5.23. The summed E-state index contributed by atoms with van der Waals surface area (Å²) in [6.07, 6.45) is 3.96. The van der Waals surface area contributed by atoms with E-state index in [4.69, 9.17) is 5.73 Å². The molecule has 0 amide bonds. The SMILES string of the molecule is CC1CCCCC1NS(=O)(=O)c1cc(F)ccc1N. The van der Waals surface area contributed by atoms with Gasteiger partial charge in [0, 0.05) is 6.04 Å². The van der Waals surface area contributed by atoms with Gasteiger partial charge >= 0.3 is 0 Å². The van der Waals surface area contributed by atoms with E-state index >= 15 is 0 Å². The Balaban J connectivity index is 2.24. The Kier molecular flexibility index (Phi) is 4.10. The minimum absolute atomic E-state index is 0.0670. The van der Waals surface area contributed by atoms with Crippen LogP contribution in [-0.2, 0) is 10.0 Å². The van der Waals surface area contributed by atoms with Crippen LogP contribution in [0.25, 0.3) is 0 Å². The minimum Gasteiger partial charge on any atom is -0.398 e. The monoisotopic (exact) mass is 286 g/mol. The van der Waals surface area contributed by atoms with Crippen molar-refractivity contribution in [3.63, 3.8) is 0 Å². The van der Waals surface area contributed by atoms with Crippen molar-refractivity contribution in [2.24, 2.45) is 5.92 Å². The number of benzene rings is 1. The van der Waals surface area contributed by atoms with Crippen molar-refractivity contribution in [1.82, 2.24) is 4.72 Å². The molecular weight excluding hydrogens is 267 g/mol. The Morgan fingerprint density at radius 2 is 2.00 bits per heavy atom. The Hall–Kier alpha value is -1.14. The van der Waals surface area contributed by atoms with Gasteiger partial charge in [-0.15, -0.1) is 0 Å². The molecular formula is C13H19FN2O2S. The second kappa shape index (κ2) is 5.46. The number of rotatable bonds is 3. The highest BCUT2D eigenvalue weighted by Gasteiger charge is 2.28. The highest BCUT2D eigenvalue weighted by Crippen LogP contribution is 2.26. The van der Waals surface area contributed by atoms with Gasteiger partial charge in [0.05, 0.1) is 5.69 Å². The average Bonchev–Trinajstić information content (AvgIpc) is 2.35. The Morgan fingerprint density at radius 3 is 2.68 bits per heavy atom. The number of hydrogen-bond acceptors (Lipinski definition) is 3. The fraction of sp³-hybridized carbons (Fsp3) is 0.538. The molecule has 4 nitrogen and oxygen atoms in total. The second-order valence-corrected chi connectivity index (χ2v) is 6.85. The fourth-order valence-corrected chi connectivity index (χ4v) is 4.02. The highest BCUT2D eigenvalue weighted by molar-refractivity contribution is 7.89. The number of nitrogen functional groups attached to an aromatic ring is 1. The van der Waals surface area contributed by atoms with Crippen LogP contribution in [-0.4, -0.2) is 14.5 Å². The first kappa shape index (κ1) is 14.3. The van der Waals surface area contributed by atoms with E-state index in [1.807, 2.05) is 6.92 Å². The number of nitrogens with one attached hydrogen (secondary N) is 1. The van der Waals surface area contributed by atoms with Crippen LogP contribution in [0.5, 0.6) is 0 Å². The van der Waals surface area contributed by atoms with Crippen LogP contribution in [0, 0.1) is 11.7 Å². The number of hydrogen-bond donors (Lipinski definition) is 2. The molecule has 6 heteroatoms. The lowest BCUT2D eigenvalue weighted by molar-refractivity contribution is 0.310. The van der Waals surface area contributed by atoms with Gasteiger partial charge in [0.2, 0.25) is 10.0 Å². The standard InChI is InChI=1S/C13H19FN2O2S/c1-9-4-2-3-5-12(9)16-19(17,18)13-8-10(14)6-7-11(13)15/h6-9,12,16H,2-5,15H2,1H3.